The van der Waals surface area contributed by atoms with Crippen molar-refractivity contribution in [1.82, 2.24) is 24.4 Å². The largest absolute Gasteiger partial charge is 0.411 e. The highest BCUT2D eigenvalue weighted by Crippen LogP contribution is 2.37. The van der Waals surface area contributed by atoms with Crippen molar-refractivity contribution in [2.24, 2.45) is 18.1 Å². The minimum Gasteiger partial charge on any atom is -0.411 e. The summed E-state index contributed by atoms with van der Waals surface area (Å²) in [7, 11) is 1.89. The number of nitrogens with zero attached hydrogens (tertiary/aromatic N) is 6. The predicted molar refractivity (Wildman–Crippen MR) is 99.2 cm³/mol. The molecule has 0 radical (unpaired) electrons. The number of oxime groups is 1. The van der Waals surface area contributed by atoms with Crippen LogP contribution in [0.1, 0.15) is 44.2 Å². The molecule has 8 nitrogen and oxygen atoms in total. The van der Waals surface area contributed by atoms with Gasteiger partial charge in [-0.1, -0.05) is 5.16 Å². The second-order valence-electron chi connectivity index (χ2n) is 7.09. The van der Waals surface area contributed by atoms with E-state index in [2.05, 4.69) is 15.4 Å². The Kier molecular flexibility index (Phi) is 4.10. The third-order valence-corrected chi connectivity index (χ3v) is 5.43. The summed E-state index contributed by atoms with van der Waals surface area (Å²) < 4.78 is 3.44. The number of anilines is 1. The maximum absolute atomic E-state index is 8.98. The molecule has 4 rings (SSSR count). The number of rotatable bonds is 3. The van der Waals surface area contributed by atoms with E-state index < -0.39 is 0 Å². The van der Waals surface area contributed by atoms with E-state index in [-0.39, 0.29) is 0 Å². The lowest BCUT2D eigenvalue weighted by Crippen LogP contribution is -2.20. The van der Waals surface area contributed by atoms with Gasteiger partial charge in [0.05, 0.1) is 18.1 Å². The zero-order valence-electron chi connectivity index (χ0n) is 15.0. The van der Waals surface area contributed by atoms with Crippen LogP contribution in [0.25, 0.3) is 16.8 Å². The molecule has 0 bridgehead atoms. The quantitative estimate of drug-likeness (QED) is 0.428. The number of fused-ring (bicyclic) bond motifs is 1. The van der Waals surface area contributed by atoms with Crippen LogP contribution in [-0.4, -0.2) is 35.3 Å². The second-order valence-corrected chi connectivity index (χ2v) is 7.09. The first kappa shape index (κ1) is 16.6. The van der Waals surface area contributed by atoms with Crippen LogP contribution in [0.2, 0.25) is 0 Å². The first-order valence-electron chi connectivity index (χ1n) is 8.88. The molecular formula is C18H23N7O. The van der Waals surface area contributed by atoms with Gasteiger partial charge in [0.2, 0.25) is 0 Å². The average Bonchev–Trinajstić information content (AvgIpc) is 3.27. The lowest BCUT2D eigenvalue weighted by Gasteiger charge is -2.27. The smallest absolute Gasteiger partial charge is 0.165 e. The van der Waals surface area contributed by atoms with E-state index in [4.69, 9.17) is 15.9 Å². The van der Waals surface area contributed by atoms with E-state index in [9.17, 15) is 0 Å². The number of aromatic nitrogens is 5. The molecule has 0 aliphatic heterocycles. The molecule has 3 heterocycles. The highest BCUT2D eigenvalue weighted by molar-refractivity contribution is 5.83. The van der Waals surface area contributed by atoms with Gasteiger partial charge in [0.25, 0.3) is 0 Å². The van der Waals surface area contributed by atoms with Crippen LogP contribution in [0.3, 0.4) is 0 Å². The van der Waals surface area contributed by atoms with E-state index >= 15 is 0 Å². The second kappa shape index (κ2) is 6.44. The lowest BCUT2D eigenvalue weighted by atomic mass is 9.78. The normalized spacial score (nSPS) is 21.4. The summed E-state index contributed by atoms with van der Waals surface area (Å²) in [4.78, 5) is 4.90. The van der Waals surface area contributed by atoms with Crippen molar-refractivity contribution < 1.29 is 5.21 Å². The summed E-state index contributed by atoms with van der Waals surface area (Å²) in [5, 5.41) is 21.0. The molecule has 0 atom stereocenters. The van der Waals surface area contributed by atoms with Gasteiger partial charge in [0.1, 0.15) is 5.82 Å². The minimum atomic E-state index is 0.359. The molecule has 0 saturated heterocycles. The van der Waals surface area contributed by atoms with Crippen LogP contribution in [-0.2, 0) is 7.05 Å². The SMILES string of the molecule is C/C(=N/O)C1CCC(c2cc(N)n3ncc(-c4cnn(C)c4)c3n2)CC1. The van der Waals surface area contributed by atoms with Crippen LogP contribution in [0.15, 0.2) is 29.8 Å². The molecule has 1 fully saturated rings. The molecule has 3 N–H and O–H groups in total. The van der Waals surface area contributed by atoms with Crippen LogP contribution in [0, 0.1) is 5.92 Å². The van der Waals surface area contributed by atoms with E-state index in [1.807, 2.05) is 32.4 Å². The van der Waals surface area contributed by atoms with Gasteiger partial charge in [-0.05, 0) is 32.6 Å². The number of aryl methyl sites for hydroxylation is 1. The average molecular weight is 353 g/mol. The van der Waals surface area contributed by atoms with Gasteiger partial charge in [0, 0.05) is 48.0 Å². The Balaban J connectivity index is 1.67. The molecule has 0 spiro atoms. The standard InChI is InChI=1S/C18H23N7O/c1-11(23-26)12-3-5-13(6-4-12)16-7-17(19)25-18(22-16)15(9-21-25)14-8-20-24(2)10-14/h7-10,12-13,26H,3-6,19H2,1-2H3/b23-11-. The Bertz CT molecular complexity index is 963. The molecule has 3 aromatic rings. The van der Waals surface area contributed by atoms with E-state index in [0.29, 0.717) is 17.7 Å². The summed E-state index contributed by atoms with van der Waals surface area (Å²) in [6.07, 6.45) is 9.57. The monoisotopic (exact) mass is 353 g/mol. The van der Waals surface area contributed by atoms with Crippen LogP contribution < -0.4 is 5.73 Å². The van der Waals surface area contributed by atoms with Crippen molar-refractivity contribution in [3.63, 3.8) is 0 Å². The fourth-order valence-electron chi connectivity index (χ4n) is 3.87. The first-order valence-corrected chi connectivity index (χ1v) is 8.88. The third-order valence-electron chi connectivity index (χ3n) is 5.43. The Morgan fingerprint density at radius 2 is 2.00 bits per heavy atom. The molecule has 0 unspecified atom stereocenters. The minimum absolute atomic E-state index is 0.359. The van der Waals surface area contributed by atoms with Gasteiger partial charge in [-0.15, -0.1) is 0 Å². The van der Waals surface area contributed by atoms with E-state index in [1.54, 1.807) is 15.4 Å². The van der Waals surface area contributed by atoms with Crippen molar-refractivity contribution in [1.29, 1.82) is 0 Å². The van der Waals surface area contributed by atoms with Gasteiger partial charge in [-0.2, -0.15) is 14.7 Å². The van der Waals surface area contributed by atoms with Gasteiger partial charge in [-0.25, -0.2) is 4.98 Å². The number of hydrogen-bond acceptors (Lipinski definition) is 6. The zero-order chi connectivity index (χ0) is 18.3. The molecule has 8 heteroatoms. The fourth-order valence-corrected chi connectivity index (χ4v) is 3.87. The van der Waals surface area contributed by atoms with Crippen molar-refractivity contribution in [3.05, 3.63) is 30.4 Å². The van der Waals surface area contributed by atoms with Gasteiger partial charge in [-0.3, -0.25) is 4.68 Å². The Morgan fingerprint density at radius 3 is 2.65 bits per heavy atom. The summed E-state index contributed by atoms with van der Waals surface area (Å²) in [5.41, 5.74) is 10.8. The van der Waals surface area contributed by atoms with Gasteiger partial charge >= 0.3 is 0 Å². The third kappa shape index (κ3) is 2.81. The molecular weight excluding hydrogens is 330 g/mol. The van der Waals surface area contributed by atoms with Crippen molar-refractivity contribution >= 4 is 17.2 Å². The Hall–Kier alpha value is -2.90. The lowest BCUT2D eigenvalue weighted by molar-refractivity contribution is 0.306. The summed E-state index contributed by atoms with van der Waals surface area (Å²) >= 11 is 0. The maximum Gasteiger partial charge on any atom is 0.165 e. The van der Waals surface area contributed by atoms with Crippen molar-refractivity contribution in [2.75, 3.05) is 5.73 Å². The van der Waals surface area contributed by atoms with Crippen molar-refractivity contribution in [2.45, 2.75) is 38.5 Å². The molecule has 1 aliphatic rings. The highest BCUT2D eigenvalue weighted by atomic mass is 16.4. The van der Waals surface area contributed by atoms with Crippen molar-refractivity contribution in [3.8, 4) is 11.1 Å². The molecule has 0 amide bonds. The molecule has 1 saturated carbocycles. The van der Waals surface area contributed by atoms with E-state index in [1.165, 1.54) is 0 Å². The zero-order valence-corrected chi connectivity index (χ0v) is 15.0. The molecule has 3 aromatic heterocycles. The van der Waals surface area contributed by atoms with Gasteiger partial charge < -0.3 is 10.9 Å². The predicted octanol–water partition coefficient (Wildman–Crippen LogP) is 2.84. The summed E-state index contributed by atoms with van der Waals surface area (Å²) in [6, 6.07) is 1.94. The number of nitrogens with two attached hydrogens (primary N) is 1. The summed E-state index contributed by atoms with van der Waals surface area (Å²) in [6.45, 7) is 1.89. The Labute approximate surface area is 151 Å². The maximum atomic E-state index is 8.98. The van der Waals surface area contributed by atoms with Crippen LogP contribution in [0.4, 0.5) is 5.82 Å². The van der Waals surface area contributed by atoms with Gasteiger partial charge in [0.15, 0.2) is 5.65 Å². The Morgan fingerprint density at radius 1 is 1.23 bits per heavy atom. The molecule has 136 valence electrons. The summed E-state index contributed by atoms with van der Waals surface area (Å²) in [5.74, 6) is 1.32. The van der Waals surface area contributed by atoms with Crippen LogP contribution >= 0.6 is 0 Å². The van der Waals surface area contributed by atoms with E-state index in [0.717, 1.165) is 53.9 Å². The molecule has 26 heavy (non-hydrogen) atoms. The molecule has 0 aromatic carbocycles. The fraction of sp³-hybridized carbons (Fsp3) is 0.444. The first-order chi connectivity index (χ1) is 12.6. The highest BCUT2D eigenvalue weighted by Gasteiger charge is 2.26. The topological polar surface area (TPSA) is 107 Å². The molecule has 1 aliphatic carbocycles. The van der Waals surface area contributed by atoms with Crippen LogP contribution in [0.5, 0.6) is 0 Å². The number of hydrogen-bond donors (Lipinski definition) is 2. The number of nitrogen functional groups attached to an aromatic ring is 1.